The smallest absolute Gasteiger partial charge is 0.0702 e. The highest BCUT2D eigenvalue weighted by Gasteiger charge is 2.32. The molecule has 108 valence electrons. The molecule has 0 spiro atoms. The molecule has 1 saturated carbocycles. The van der Waals surface area contributed by atoms with E-state index in [1.165, 1.54) is 30.6 Å². The Morgan fingerprint density at radius 1 is 1.47 bits per heavy atom. The van der Waals surface area contributed by atoms with Crippen molar-refractivity contribution in [1.29, 1.82) is 0 Å². The maximum absolute atomic E-state index is 9.39. The van der Waals surface area contributed by atoms with Crippen LogP contribution in [0.25, 0.3) is 0 Å². The van der Waals surface area contributed by atoms with Gasteiger partial charge in [-0.2, -0.15) is 0 Å². The summed E-state index contributed by atoms with van der Waals surface area (Å²) < 4.78 is 1.14. The third kappa shape index (κ3) is 3.79. The summed E-state index contributed by atoms with van der Waals surface area (Å²) in [7, 11) is 0. The topological polar surface area (TPSA) is 49.5 Å². The van der Waals surface area contributed by atoms with Gasteiger partial charge in [0.15, 0.2) is 0 Å². The molecule has 3 nitrogen and oxygen atoms in total. The summed E-state index contributed by atoms with van der Waals surface area (Å²) >= 11 is 5.28. The highest BCUT2D eigenvalue weighted by atomic mass is 79.9. The van der Waals surface area contributed by atoms with E-state index in [0.717, 1.165) is 3.79 Å². The molecule has 2 atom stereocenters. The number of hydrogen-bond donors (Lipinski definition) is 2. The molecule has 2 unspecified atom stereocenters. The SMILES string of the molecule is CC(N)C(c1ccc(Br)s1)N(CCO)C1CCCC1. The number of nitrogens with two attached hydrogens (primary N) is 1. The predicted octanol–water partition coefficient (Wildman–Crippen LogP) is 3.14. The van der Waals surface area contributed by atoms with Crippen molar-refractivity contribution in [3.63, 3.8) is 0 Å². The highest BCUT2D eigenvalue weighted by molar-refractivity contribution is 9.11. The van der Waals surface area contributed by atoms with E-state index >= 15 is 0 Å². The van der Waals surface area contributed by atoms with E-state index < -0.39 is 0 Å². The van der Waals surface area contributed by atoms with Crippen LogP contribution in [-0.4, -0.2) is 35.2 Å². The molecule has 1 aromatic heterocycles. The van der Waals surface area contributed by atoms with Crippen LogP contribution in [0.1, 0.15) is 43.5 Å². The molecular formula is C14H23BrN2OS. The van der Waals surface area contributed by atoms with Crippen LogP contribution in [0.4, 0.5) is 0 Å². The molecule has 1 aliphatic rings. The summed E-state index contributed by atoms with van der Waals surface area (Å²) in [5.41, 5.74) is 6.24. The van der Waals surface area contributed by atoms with Crippen LogP contribution in [-0.2, 0) is 0 Å². The van der Waals surface area contributed by atoms with Crippen LogP contribution in [0.3, 0.4) is 0 Å². The zero-order valence-electron chi connectivity index (χ0n) is 11.4. The van der Waals surface area contributed by atoms with Gasteiger partial charge in [0.05, 0.1) is 16.4 Å². The molecule has 1 fully saturated rings. The summed E-state index contributed by atoms with van der Waals surface area (Å²) in [6, 6.07) is 5.09. The Morgan fingerprint density at radius 2 is 2.16 bits per heavy atom. The summed E-state index contributed by atoms with van der Waals surface area (Å²) in [4.78, 5) is 3.72. The van der Waals surface area contributed by atoms with E-state index in [1.807, 2.05) is 0 Å². The lowest BCUT2D eigenvalue weighted by atomic mass is 10.0. The van der Waals surface area contributed by atoms with E-state index in [1.54, 1.807) is 11.3 Å². The van der Waals surface area contributed by atoms with Crippen molar-refractivity contribution in [3.05, 3.63) is 20.8 Å². The Labute approximate surface area is 127 Å². The van der Waals surface area contributed by atoms with Gasteiger partial charge in [-0.15, -0.1) is 11.3 Å². The van der Waals surface area contributed by atoms with Crippen molar-refractivity contribution in [2.45, 2.75) is 50.7 Å². The molecule has 0 saturated heterocycles. The van der Waals surface area contributed by atoms with Gasteiger partial charge in [0.2, 0.25) is 0 Å². The number of aliphatic hydroxyl groups excluding tert-OH is 1. The van der Waals surface area contributed by atoms with Gasteiger partial charge in [0.25, 0.3) is 0 Å². The summed E-state index contributed by atoms with van der Waals surface area (Å²) in [5.74, 6) is 0. The van der Waals surface area contributed by atoms with E-state index in [-0.39, 0.29) is 18.7 Å². The van der Waals surface area contributed by atoms with Gasteiger partial charge in [0.1, 0.15) is 0 Å². The van der Waals surface area contributed by atoms with Crippen molar-refractivity contribution in [3.8, 4) is 0 Å². The van der Waals surface area contributed by atoms with Crippen LogP contribution < -0.4 is 5.73 Å². The average Bonchev–Trinajstić information content (AvgIpc) is 2.99. The van der Waals surface area contributed by atoms with Crippen LogP contribution in [0.5, 0.6) is 0 Å². The van der Waals surface area contributed by atoms with Gasteiger partial charge in [-0.05, 0) is 47.8 Å². The Hall–Kier alpha value is 0.0600. The van der Waals surface area contributed by atoms with Gasteiger partial charge >= 0.3 is 0 Å². The fraction of sp³-hybridized carbons (Fsp3) is 0.714. The molecule has 3 N–H and O–H groups in total. The summed E-state index contributed by atoms with van der Waals surface area (Å²) in [5, 5.41) is 9.39. The number of halogens is 1. The molecule has 2 rings (SSSR count). The second-order valence-electron chi connectivity index (χ2n) is 5.35. The van der Waals surface area contributed by atoms with Gasteiger partial charge < -0.3 is 10.8 Å². The molecule has 19 heavy (non-hydrogen) atoms. The minimum Gasteiger partial charge on any atom is -0.395 e. The number of hydrogen-bond acceptors (Lipinski definition) is 4. The maximum atomic E-state index is 9.39. The number of thiophene rings is 1. The number of nitrogens with zero attached hydrogens (tertiary/aromatic N) is 1. The van der Waals surface area contributed by atoms with Gasteiger partial charge in [-0.3, -0.25) is 4.90 Å². The van der Waals surface area contributed by atoms with Crippen molar-refractivity contribution in [1.82, 2.24) is 4.90 Å². The van der Waals surface area contributed by atoms with E-state index in [0.29, 0.717) is 12.6 Å². The Bertz CT molecular complexity index is 391. The largest absolute Gasteiger partial charge is 0.395 e. The normalized spacial score (nSPS) is 20.1. The first-order valence-electron chi connectivity index (χ1n) is 7.01. The zero-order chi connectivity index (χ0) is 13.8. The van der Waals surface area contributed by atoms with Crippen LogP contribution in [0.15, 0.2) is 15.9 Å². The van der Waals surface area contributed by atoms with Crippen molar-refractivity contribution >= 4 is 27.3 Å². The van der Waals surface area contributed by atoms with Gasteiger partial charge in [0, 0.05) is 23.5 Å². The standard InChI is InChI=1S/C14H23BrN2OS/c1-10(16)14(12-6-7-13(15)19-12)17(8-9-18)11-4-2-3-5-11/h6-7,10-11,14,18H,2-5,8-9,16H2,1H3. The first-order chi connectivity index (χ1) is 9.13. The molecule has 0 aliphatic heterocycles. The first-order valence-corrected chi connectivity index (χ1v) is 8.62. The summed E-state index contributed by atoms with van der Waals surface area (Å²) in [6.07, 6.45) is 5.06. The third-order valence-corrected chi connectivity index (χ3v) is 5.59. The second-order valence-corrected chi connectivity index (χ2v) is 7.84. The quantitative estimate of drug-likeness (QED) is 0.831. The van der Waals surface area contributed by atoms with Crippen LogP contribution in [0, 0.1) is 0 Å². The molecule has 0 aromatic carbocycles. The van der Waals surface area contributed by atoms with E-state index in [4.69, 9.17) is 5.73 Å². The van der Waals surface area contributed by atoms with Gasteiger partial charge in [-0.1, -0.05) is 12.8 Å². The Morgan fingerprint density at radius 3 is 2.63 bits per heavy atom. The predicted molar refractivity (Wildman–Crippen MR) is 84.5 cm³/mol. The first kappa shape index (κ1) is 15.4. The van der Waals surface area contributed by atoms with Gasteiger partial charge in [-0.25, -0.2) is 0 Å². The molecule has 0 bridgehead atoms. The molecule has 5 heteroatoms. The maximum Gasteiger partial charge on any atom is 0.0702 e. The minimum atomic E-state index is 0.0673. The van der Waals surface area contributed by atoms with Crippen LogP contribution in [0.2, 0.25) is 0 Å². The monoisotopic (exact) mass is 346 g/mol. The molecular weight excluding hydrogens is 324 g/mol. The summed E-state index contributed by atoms with van der Waals surface area (Å²) in [6.45, 7) is 2.98. The van der Waals surface area contributed by atoms with Crippen molar-refractivity contribution < 1.29 is 5.11 Å². The zero-order valence-corrected chi connectivity index (χ0v) is 13.8. The fourth-order valence-electron chi connectivity index (χ4n) is 3.11. The average molecular weight is 347 g/mol. The Kier molecular flexibility index (Phi) is 5.84. The molecule has 0 radical (unpaired) electrons. The number of rotatable bonds is 6. The lowest BCUT2D eigenvalue weighted by molar-refractivity contribution is 0.0940. The second kappa shape index (κ2) is 7.18. The minimum absolute atomic E-state index is 0.0673. The van der Waals surface area contributed by atoms with E-state index in [9.17, 15) is 5.11 Å². The third-order valence-electron chi connectivity index (χ3n) is 3.89. The molecule has 1 aliphatic carbocycles. The highest BCUT2D eigenvalue weighted by Crippen LogP contribution is 2.36. The Balaban J connectivity index is 2.23. The molecule has 1 aromatic rings. The number of aliphatic hydroxyl groups is 1. The fourth-order valence-corrected chi connectivity index (χ4v) is 4.77. The van der Waals surface area contributed by atoms with E-state index in [2.05, 4.69) is 39.9 Å². The lowest BCUT2D eigenvalue weighted by Crippen LogP contribution is -2.45. The van der Waals surface area contributed by atoms with Crippen molar-refractivity contribution in [2.24, 2.45) is 5.73 Å². The lowest BCUT2D eigenvalue weighted by Gasteiger charge is -2.37. The van der Waals surface area contributed by atoms with Crippen LogP contribution >= 0.6 is 27.3 Å². The molecule has 1 heterocycles. The van der Waals surface area contributed by atoms with Crippen molar-refractivity contribution in [2.75, 3.05) is 13.2 Å². The molecule has 0 amide bonds.